The fourth-order valence-corrected chi connectivity index (χ4v) is 0.921. The standard InChI is InChI=1S/C8H10O3/c1-5-6(8(10)11)3-2-4-7(5)9/h2-4,8-11H,1H3. The molecule has 0 aliphatic rings. The first-order chi connectivity index (χ1) is 5.13. The zero-order valence-electron chi connectivity index (χ0n) is 6.15. The van der Waals surface area contributed by atoms with E-state index in [0.29, 0.717) is 11.1 Å². The summed E-state index contributed by atoms with van der Waals surface area (Å²) in [5.41, 5.74) is 0.840. The van der Waals surface area contributed by atoms with Crippen LogP contribution in [-0.2, 0) is 0 Å². The minimum absolute atomic E-state index is 0.0793. The molecule has 0 aliphatic heterocycles. The number of phenols is 1. The average molecular weight is 154 g/mol. The molecule has 0 heterocycles. The van der Waals surface area contributed by atoms with Gasteiger partial charge in [-0.1, -0.05) is 12.1 Å². The van der Waals surface area contributed by atoms with Gasteiger partial charge in [-0.25, -0.2) is 0 Å². The van der Waals surface area contributed by atoms with Gasteiger partial charge in [-0.05, 0) is 18.6 Å². The highest BCUT2D eigenvalue weighted by molar-refractivity contribution is 5.38. The zero-order valence-corrected chi connectivity index (χ0v) is 6.15. The van der Waals surface area contributed by atoms with Crippen molar-refractivity contribution in [3.63, 3.8) is 0 Å². The molecule has 0 aromatic heterocycles. The molecule has 0 saturated carbocycles. The van der Waals surface area contributed by atoms with Crippen LogP contribution in [0.5, 0.6) is 5.75 Å². The largest absolute Gasteiger partial charge is 0.508 e. The second-order valence-electron chi connectivity index (χ2n) is 2.37. The van der Waals surface area contributed by atoms with Crippen LogP contribution in [0, 0.1) is 6.92 Å². The summed E-state index contributed by atoms with van der Waals surface area (Å²) in [6.45, 7) is 1.63. The lowest BCUT2D eigenvalue weighted by Crippen LogP contribution is -1.97. The summed E-state index contributed by atoms with van der Waals surface area (Å²) in [7, 11) is 0. The molecule has 1 aromatic rings. The Labute approximate surface area is 64.5 Å². The lowest BCUT2D eigenvalue weighted by Gasteiger charge is -2.07. The summed E-state index contributed by atoms with van der Waals surface area (Å²) in [6, 6.07) is 4.62. The molecule has 0 amide bonds. The van der Waals surface area contributed by atoms with Crippen LogP contribution in [0.1, 0.15) is 17.4 Å². The molecule has 0 unspecified atom stereocenters. The number of aliphatic hydroxyl groups is 2. The molecule has 0 radical (unpaired) electrons. The topological polar surface area (TPSA) is 60.7 Å². The highest BCUT2D eigenvalue weighted by atomic mass is 16.5. The zero-order chi connectivity index (χ0) is 8.43. The molecule has 3 nitrogen and oxygen atoms in total. The van der Waals surface area contributed by atoms with E-state index in [1.54, 1.807) is 19.1 Å². The molecule has 0 spiro atoms. The third kappa shape index (κ3) is 1.50. The van der Waals surface area contributed by atoms with Gasteiger partial charge in [-0.2, -0.15) is 0 Å². The molecule has 11 heavy (non-hydrogen) atoms. The van der Waals surface area contributed by atoms with E-state index in [4.69, 9.17) is 15.3 Å². The molecule has 60 valence electrons. The van der Waals surface area contributed by atoms with Crippen LogP contribution < -0.4 is 0 Å². The fourth-order valence-electron chi connectivity index (χ4n) is 0.921. The highest BCUT2D eigenvalue weighted by Gasteiger charge is 2.07. The van der Waals surface area contributed by atoms with E-state index in [1.165, 1.54) is 6.07 Å². The maximum absolute atomic E-state index is 9.13. The molecular formula is C8H10O3. The van der Waals surface area contributed by atoms with E-state index in [0.717, 1.165) is 0 Å². The third-order valence-electron chi connectivity index (χ3n) is 1.63. The van der Waals surface area contributed by atoms with Crippen molar-refractivity contribution in [2.75, 3.05) is 0 Å². The average Bonchev–Trinajstić information content (AvgIpc) is 1.94. The van der Waals surface area contributed by atoms with Crippen molar-refractivity contribution in [3.05, 3.63) is 29.3 Å². The number of aromatic hydroxyl groups is 1. The van der Waals surface area contributed by atoms with Crippen molar-refractivity contribution in [2.45, 2.75) is 13.2 Å². The molecule has 0 bridgehead atoms. The predicted molar refractivity (Wildman–Crippen MR) is 40.0 cm³/mol. The number of hydrogen-bond donors (Lipinski definition) is 3. The van der Waals surface area contributed by atoms with Gasteiger partial charge >= 0.3 is 0 Å². The minimum Gasteiger partial charge on any atom is -0.508 e. The minimum atomic E-state index is -1.51. The summed E-state index contributed by atoms with van der Waals surface area (Å²) in [5.74, 6) is 0.0793. The normalized spacial score (nSPS) is 10.5. The Bertz CT molecular complexity index is 256. The van der Waals surface area contributed by atoms with Gasteiger partial charge in [0.1, 0.15) is 5.75 Å². The van der Waals surface area contributed by atoms with Gasteiger partial charge in [0, 0.05) is 5.56 Å². The lowest BCUT2D eigenvalue weighted by atomic mass is 10.1. The van der Waals surface area contributed by atoms with E-state index in [-0.39, 0.29) is 5.75 Å². The van der Waals surface area contributed by atoms with Gasteiger partial charge in [0.2, 0.25) is 0 Å². The van der Waals surface area contributed by atoms with Gasteiger partial charge in [0.25, 0.3) is 0 Å². The van der Waals surface area contributed by atoms with Gasteiger partial charge in [-0.3, -0.25) is 0 Å². The molecule has 0 fully saturated rings. The monoisotopic (exact) mass is 154 g/mol. The van der Waals surface area contributed by atoms with Crippen LogP contribution in [0.25, 0.3) is 0 Å². The second-order valence-corrected chi connectivity index (χ2v) is 2.37. The van der Waals surface area contributed by atoms with Crippen LogP contribution in [0.2, 0.25) is 0 Å². The van der Waals surface area contributed by atoms with Crippen molar-refractivity contribution in [1.29, 1.82) is 0 Å². The summed E-state index contributed by atoms with van der Waals surface area (Å²) in [5, 5.41) is 26.7. The third-order valence-corrected chi connectivity index (χ3v) is 1.63. The molecule has 0 saturated heterocycles. The Morgan fingerprint density at radius 3 is 2.36 bits per heavy atom. The van der Waals surface area contributed by atoms with Crippen molar-refractivity contribution in [3.8, 4) is 5.75 Å². The van der Waals surface area contributed by atoms with Gasteiger partial charge in [-0.15, -0.1) is 0 Å². The Hall–Kier alpha value is -1.06. The number of benzene rings is 1. The quantitative estimate of drug-likeness (QED) is 0.521. The van der Waals surface area contributed by atoms with E-state index in [1.807, 2.05) is 0 Å². The first-order valence-corrected chi connectivity index (χ1v) is 3.27. The number of aliphatic hydroxyl groups excluding tert-OH is 1. The van der Waals surface area contributed by atoms with Gasteiger partial charge < -0.3 is 15.3 Å². The lowest BCUT2D eigenvalue weighted by molar-refractivity contribution is -0.0430. The Balaban J connectivity index is 3.17. The van der Waals surface area contributed by atoms with Crippen molar-refractivity contribution in [1.82, 2.24) is 0 Å². The SMILES string of the molecule is Cc1c(O)cccc1C(O)O. The van der Waals surface area contributed by atoms with Crippen LogP contribution in [-0.4, -0.2) is 15.3 Å². The van der Waals surface area contributed by atoms with Crippen LogP contribution in [0.4, 0.5) is 0 Å². The molecule has 3 N–H and O–H groups in total. The molecule has 3 heteroatoms. The van der Waals surface area contributed by atoms with E-state index >= 15 is 0 Å². The smallest absolute Gasteiger partial charge is 0.178 e. The maximum atomic E-state index is 9.13. The Morgan fingerprint density at radius 2 is 1.91 bits per heavy atom. The maximum Gasteiger partial charge on any atom is 0.178 e. The summed E-state index contributed by atoms with van der Waals surface area (Å²) in [6.07, 6.45) is -1.51. The molecule has 1 aromatic carbocycles. The second kappa shape index (κ2) is 2.90. The van der Waals surface area contributed by atoms with Crippen molar-refractivity contribution in [2.24, 2.45) is 0 Å². The molecular weight excluding hydrogens is 144 g/mol. The van der Waals surface area contributed by atoms with Crippen LogP contribution >= 0.6 is 0 Å². The molecule has 1 rings (SSSR count). The van der Waals surface area contributed by atoms with Crippen molar-refractivity contribution >= 4 is 0 Å². The summed E-state index contributed by atoms with van der Waals surface area (Å²) < 4.78 is 0. The Kier molecular flexibility index (Phi) is 2.12. The number of hydrogen-bond acceptors (Lipinski definition) is 3. The predicted octanol–water partition coefficient (Wildman–Crippen LogP) is 0.684. The first-order valence-electron chi connectivity index (χ1n) is 3.27. The van der Waals surface area contributed by atoms with E-state index in [2.05, 4.69) is 0 Å². The van der Waals surface area contributed by atoms with Crippen LogP contribution in [0.15, 0.2) is 18.2 Å². The van der Waals surface area contributed by atoms with Gasteiger partial charge in [0.15, 0.2) is 6.29 Å². The van der Waals surface area contributed by atoms with Crippen LogP contribution in [0.3, 0.4) is 0 Å². The van der Waals surface area contributed by atoms with E-state index < -0.39 is 6.29 Å². The van der Waals surface area contributed by atoms with E-state index in [9.17, 15) is 0 Å². The fraction of sp³-hybridized carbons (Fsp3) is 0.250. The number of phenolic OH excluding ortho intramolecular Hbond substituents is 1. The Morgan fingerprint density at radius 1 is 1.27 bits per heavy atom. The molecule has 0 aliphatic carbocycles. The number of rotatable bonds is 1. The molecule has 0 atom stereocenters. The highest BCUT2D eigenvalue weighted by Crippen LogP contribution is 2.23. The van der Waals surface area contributed by atoms with Gasteiger partial charge in [0.05, 0.1) is 0 Å². The van der Waals surface area contributed by atoms with Crippen molar-refractivity contribution < 1.29 is 15.3 Å². The summed E-state index contributed by atoms with van der Waals surface area (Å²) in [4.78, 5) is 0. The summed E-state index contributed by atoms with van der Waals surface area (Å²) >= 11 is 0. The first kappa shape index (κ1) is 8.04.